The molecule has 0 aliphatic rings. The fourth-order valence-corrected chi connectivity index (χ4v) is 3.10. The number of nitrogens with zero attached hydrogens (tertiary/aromatic N) is 1. The Morgan fingerprint density at radius 2 is 1.35 bits per heavy atom. The predicted molar refractivity (Wildman–Crippen MR) is 85.8 cm³/mol. The van der Waals surface area contributed by atoms with E-state index in [4.69, 9.17) is 11.6 Å². The van der Waals surface area contributed by atoms with Crippen LogP contribution in [0.4, 0.5) is 0 Å². The lowest BCUT2D eigenvalue weighted by Gasteiger charge is -2.07. The van der Waals surface area contributed by atoms with Gasteiger partial charge in [0.05, 0.1) is 16.1 Å². The molecule has 20 heavy (non-hydrogen) atoms. The standard InChI is InChI=1S/C18H12ClN/c19-15-10-6-12-17-18(15)14-9-4-5-11-16(14)20(17)13-7-2-1-3-8-13/h1-12H. The van der Waals surface area contributed by atoms with Gasteiger partial charge in [0.1, 0.15) is 0 Å². The molecule has 0 radical (unpaired) electrons. The monoisotopic (exact) mass is 277 g/mol. The lowest BCUT2D eigenvalue weighted by atomic mass is 10.1. The van der Waals surface area contributed by atoms with Crippen LogP contribution in [-0.2, 0) is 0 Å². The second kappa shape index (κ2) is 4.39. The number of hydrogen-bond donors (Lipinski definition) is 0. The zero-order valence-electron chi connectivity index (χ0n) is 10.8. The van der Waals surface area contributed by atoms with Crippen LogP contribution >= 0.6 is 11.6 Å². The average molecular weight is 278 g/mol. The Bertz CT molecular complexity index is 907. The van der Waals surface area contributed by atoms with E-state index in [0.717, 1.165) is 21.6 Å². The van der Waals surface area contributed by atoms with Gasteiger partial charge in [-0.2, -0.15) is 0 Å². The van der Waals surface area contributed by atoms with Crippen LogP contribution < -0.4 is 0 Å². The topological polar surface area (TPSA) is 4.93 Å². The van der Waals surface area contributed by atoms with Crippen molar-refractivity contribution in [1.29, 1.82) is 0 Å². The van der Waals surface area contributed by atoms with Gasteiger partial charge in [0.25, 0.3) is 0 Å². The van der Waals surface area contributed by atoms with Crippen molar-refractivity contribution in [2.24, 2.45) is 0 Å². The van der Waals surface area contributed by atoms with Gasteiger partial charge in [-0.05, 0) is 30.3 Å². The molecule has 0 unspecified atom stereocenters. The minimum Gasteiger partial charge on any atom is -0.309 e. The highest BCUT2D eigenvalue weighted by atomic mass is 35.5. The summed E-state index contributed by atoms with van der Waals surface area (Å²) in [6, 6.07) is 24.8. The molecular weight excluding hydrogens is 266 g/mol. The molecule has 1 nitrogen and oxygen atoms in total. The summed E-state index contributed by atoms with van der Waals surface area (Å²) in [6.45, 7) is 0. The van der Waals surface area contributed by atoms with Gasteiger partial charge >= 0.3 is 0 Å². The summed E-state index contributed by atoms with van der Waals surface area (Å²) in [5.41, 5.74) is 3.48. The van der Waals surface area contributed by atoms with Crippen LogP contribution in [0.3, 0.4) is 0 Å². The van der Waals surface area contributed by atoms with Crippen LogP contribution in [0.1, 0.15) is 0 Å². The molecule has 0 saturated heterocycles. The minimum atomic E-state index is 0.799. The van der Waals surface area contributed by atoms with E-state index in [1.165, 1.54) is 10.9 Å². The van der Waals surface area contributed by atoms with E-state index in [0.29, 0.717) is 0 Å². The van der Waals surface area contributed by atoms with Gasteiger partial charge in [-0.25, -0.2) is 0 Å². The zero-order chi connectivity index (χ0) is 13.5. The number of fused-ring (bicyclic) bond motifs is 3. The molecule has 0 N–H and O–H groups in total. The van der Waals surface area contributed by atoms with Crippen molar-refractivity contribution in [3.8, 4) is 5.69 Å². The third kappa shape index (κ3) is 1.57. The Kier molecular flexibility index (Phi) is 2.54. The van der Waals surface area contributed by atoms with E-state index in [9.17, 15) is 0 Å². The summed E-state index contributed by atoms with van der Waals surface area (Å²) in [5.74, 6) is 0. The molecule has 0 amide bonds. The van der Waals surface area contributed by atoms with Crippen molar-refractivity contribution in [1.82, 2.24) is 4.57 Å². The highest BCUT2D eigenvalue weighted by molar-refractivity contribution is 6.38. The third-order valence-electron chi connectivity index (χ3n) is 3.66. The van der Waals surface area contributed by atoms with E-state index in [1.807, 2.05) is 18.2 Å². The number of hydrogen-bond acceptors (Lipinski definition) is 0. The summed E-state index contributed by atoms with van der Waals surface area (Å²) >= 11 is 6.42. The Balaban J connectivity index is 2.26. The summed E-state index contributed by atoms with van der Waals surface area (Å²) < 4.78 is 2.26. The molecule has 1 aromatic heterocycles. The van der Waals surface area contributed by atoms with Crippen LogP contribution in [0.2, 0.25) is 5.02 Å². The Morgan fingerprint density at radius 1 is 0.650 bits per heavy atom. The lowest BCUT2D eigenvalue weighted by Crippen LogP contribution is -1.92. The van der Waals surface area contributed by atoms with E-state index in [-0.39, 0.29) is 0 Å². The van der Waals surface area contributed by atoms with E-state index >= 15 is 0 Å². The molecule has 0 atom stereocenters. The molecule has 0 spiro atoms. The summed E-state index contributed by atoms with van der Waals surface area (Å²) in [6.07, 6.45) is 0. The molecule has 3 aromatic carbocycles. The maximum atomic E-state index is 6.42. The molecular formula is C18H12ClN. The number of para-hydroxylation sites is 2. The fourth-order valence-electron chi connectivity index (χ4n) is 2.83. The summed E-state index contributed by atoms with van der Waals surface area (Å²) in [4.78, 5) is 0. The Hall–Kier alpha value is -2.25. The summed E-state index contributed by atoms with van der Waals surface area (Å²) in [7, 11) is 0. The van der Waals surface area contributed by atoms with Gasteiger partial charge in [0, 0.05) is 16.5 Å². The largest absolute Gasteiger partial charge is 0.309 e. The second-order valence-corrected chi connectivity index (χ2v) is 5.23. The second-order valence-electron chi connectivity index (χ2n) is 4.82. The zero-order valence-corrected chi connectivity index (χ0v) is 11.5. The van der Waals surface area contributed by atoms with Crippen LogP contribution in [0.15, 0.2) is 72.8 Å². The van der Waals surface area contributed by atoms with Crippen molar-refractivity contribution in [2.45, 2.75) is 0 Å². The van der Waals surface area contributed by atoms with Crippen molar-refractivity contribution < 1.29 is 0 Å². The van der Waals surface area contributed by atoms with Crippen molar-refractivity contribution >= 4 is 33.4 Å². The van der Waals surface area contributed by atoms with Crippen LogP contribution in [-0.4, -0.2) is 4.57 Å². The fraction of sp³-hybridized carbons (Fsp3) is 0. The number of benzene rings is 3. The first-order valence-electron chi connectivity index (χ1n) is 6.59. The van der Waals surface area contributed by atoms with E-state index in [1.54, 1.807) is 0 Å². The highest BCUT2D eigenvalue weighted by Gasteiger charge is 2.13. The third-order valence-corrected chi connectivity index (χ3v) is 3.98. The van der Waals surface area contributed by atoms with E-state index in [2.05, 4.69) is 59.2 Å². The SMILES string of the molecule is Clc1cccc2c1c1ccccc1n2-c1ccccc1. The van der Waals surface area contributed by atoms with Gasteiger partial charge in [-0.3, -0.25) is 0 Å². The molecule has 4 rings (SSSR count). The first-order valence-corrected chi connectivity index (χ1v) is 6.97. The molecule has 0 bridgehead atoms. The predicted octanol–water partition coefficient (Wildman–Crippen LogP) is 5.44. The van der Waals surface area contributed by atoms with Crippen LogP contribution in [0.5, 0.6) is 0 Å². The quantitative estimate of drug-likeness (QED) is 0.437. The van der Waals surface area contributed by atoms with Crippen molar-refractivity contribution in [3.05, 3.63) is 77.8 Å². The minimum absolute atomic E-state index is 0.799. The van der Waals surface area contributed by atoms with Crippen LogP contribution in [0, 0.1) is 0 Å². The van der Waals surface area contributed by atoms with Crippen molar-refractivity contribution in [2.75, 3.05) is 0 Å². The van der Waals surface area contributed by atoms with Crippen LogP contribution in [0.25, 0.3) is 27.5 Å². The van der Waals surface area contributed by atoms with Gasteiger partial charge < -0.3 is 4.57 Å². The molecule has 96 valence electrons. The first-order chi connectivity index (χ1) is 9.86. The average Bonchev–Trinajstić information content (AvgIpc) is 2.84. The van der Waals surface area contributed by atoms with Gasteiger partial charge in [-0.15, -0.1) is 0 Å². The number of rotatable bonds is 1. The smallest absolute Gasteiger partial charge is 0.0556 e. The summed E-state index contributed by atoms with van der Waals surface area (Å²) in [5, 5.41) is 3.11. The maximum Gasteiger partial charge on any atom is 0.0556 e. The highest BCUT2D eigenvalue weighted by Crippen LogP contribution is 2.35. The normalized spacial score (nSPS) is 11.2. The Labute approximate surface area is 122 Å². The van der Waals surface area contributed by atoms with Gasteiger partial charge in [0.15, 0.2) is 0 Å². The maximum absolute atomic E-state index is 6.42. The van der Waals surface area contributed by atoms with Crippen molar-refractivity contribution in [3.63, 3.8) is 0 Å². The Morgan fingerprint density at radius 3 is 2.20 bits per heavy atom. The molecule has 0 fully saturated rings. The van der Waals surface area contributed by atoms with Gasteiger partial charge in [0.2, 0.25) is 0 Å². The molecule has 0 aliphatic carbocycles. The lowest BCUT2D eigenvalue weighted by molar-refractivity contribution is 1.18. The first kappa shape index (κ1) is 11.6. The molecule has 0 aliphatic heterocycles. The van der Waals surface area contributed by atoms with Gasteiger partial charge in [-0.1, -0.05) is 54.1 Å². The van der Waals surface area contributed by atoms with E-state index < -0.39 is 0 Å². The molecule has 1 heterocycles. The molecule has 4 aromatic rings. The number of aromatic nitrogens is 1. The molecule has 2 heteroatoms. The number of halogens is 1. The molecule has 0 saturated carbocycles.